The Morgan fingerprint density at radius 2 is 2.00 bits per heavy atom. The third kappa shape index (κ3) is 2.18. The zero-order chi connectivity index (χ0) is 14.1. The molecule has 0 aliphatic carbocycles. The molecule has 100 valence electrons. The van der Waals surface area contributed by atoms with Crippen LogP contribution in [-0.4, -0.2) is 22.0 Å². The molecule has 0 spiro atoms. The second-order valence-electron chi connectivity index (χ2n) is 4.46. The van der Waals surface area contributed by atoms with E-state index in [0.29, 0.717) is 10.8 Å². The highest BCUT2D eigenvalue weighted by molar-refractivity contribution is 6.35. The first-order chi connectivity index (χ1) is 9.69. The minimum absolute atomic E-state index is 0.648. The Morgan fingerprint density at radius 3 is 2.80 bits per heavy atom. The molecule has 0 saturated carbocycles. The van der Waals surface area contributed by atoms with Crippen LogP contribution in [0.1, 0.15) is 5.69 Å². The molecule has 4 nitrogen and oxygen atoms in total. The van der Waals surface area contributed by atoms with E-state index in [1.807, 2.05) is 44.3 Å². The first-order valence-electron chi connectivity index (χ1n) is 6.26. The molecule has 0 bridgehead atoms. The summed E-state index contributed by atoms with van der Waals surface area (Å²) in [4.78, 5) is 13.4. The highest BCUT2D eigenvalue weighted by Crippen LogP contribution is 2.30. The van der Waals surface area contributed by atoms with E-state index >= 15 is 0 Å². The lowest BCUT2D eigenvalue weighted by molar-refractivity contribution is 1.11. The number of pyridine rings is 1. The van der Waals surface area contributed by atoms with E-state index in [2.05, 4.69) is 20.3 Å². The van der Waals surface area contributed by atoms with Crippen molar-refractivity contribution in [2.24, 2.45) is 0 Å². The van der Waals surface area contributed by atoms with Gasteiger partial charge in [-0.25, -0.2) is 9.97 Å². The molecule has 2 aromatic heterocycles. The van der Waals surface area contributed by atoms with Gasteiger partial charge in [0.1, 0.15) is 5.82 Å². The zero-order valence-electron chi connectivity index (χ0n) is 11.2. The molecular formula is C15H13ClN4. The molecule has 2 heterocycles. The molecule has 0 fully saturated rings. The topological polar surface area (TPSA) is 50.7 Å². The van der Waals surface area contributed by atoms with Crippen LogP contribution < -0.4 is 5.32 Å². The molecule has 0 radical (unpaired) electrons. The third-order valence-electron chi connectivity index (χ3n) is 3.07. The summed E-state index contributed by atoms with van der Waals surface area (Å²) in [5.41, 5.74) is 2.59. The minimum atomic E-state index is 0.648. The zero-order valence-corrected chi connectivity index (χ0v) is 11.9. The van der Waals surface area contributed by atoms with Crippen molar-refractivity contribution in [1.29, 1.82) is 0 Å². The maximum absolute atomic E-state index is 6.21. The van der Waals surface area contributed by atoms with Gasteiger partial charge in [0.15, 0.2) is 5.82 Å². The van der Waals surface area contributed by atoms with E-state index in [1.165, 1.54) is 0 Å². The Kier molecular flexibility index (Phi) is 3.24. The molecule has 0 amide bonds. The summed E-state index contributed by atoms with van der Waals surface area (Å²) in [6, 6.07) is 9.48. The van der Waals surface area contributed by atoms with Gasteiger partial charge in [0.2, 0.25) is 0 Å². The number of aryl methyl sites for hydroxylation is 1. The average molecular weight is 285 g/mol. The summed E-state index contributed by atoms with van der Waals surface area (Å²) in [5.74, 6) is 1.43. The molecular weight excluding hydrogens is 272 g/mol. The van der Waals surface area contributed by atoms with E-state index in [-0.39, 0.29) is 0 Å². The maximum Gasteiger partial charge on any atom is 0.163 e. The van der Waals surface area contributed by atoms with Crippen LogP contribution in [0.2, 0.25) is 5.02 Å². The maximum atomic E-state index is 6.21. The van der Waals surface area contributed by atoms with Crippen molar-refractivity contribution in [2.75, 3.05) is 12.4 Å². The fourth-order valence-electron chi connectivity index (χ4n) is 2.14. The van der Waals surface area contributed by atoms with Gasteiger partial charge in [0.25, 0.3) is 0 Å². The van der Waals surface area contributed by atoms with E-state index in [1.54, 1.807) is 6.20 Å². The summed E-state index contributed by atoms with van der Waals surface area (Å²) in [7, 11) is 1.84. The van der Waals surface area contributed by atoms with Gasteiger partial charge in [-0.05, 0) is 31.2 Å². The van der Waals surface area contributed by atoms with Crippen LogP contribution in [0.25, 0.3) is 22.3 Å². The summed E-state index contributed by atoms with van der Waals surface area (Å²) < 4.78 is 0. The second-order valence-corrected chi connectivity index (χ2v) is 4.87. The van der Waals surface area contributed by atoms with Gasteiger partial charge in [-0.3, -0.25) is 4.98 Å². The van der Waals surface area contributed by atoms with Crippen LogP contribution in [-0.2, 0) is 0 Å². The van der Waals surface area contributed by atoms with Gasteiger partial charge < -0.3 is 5.32 Å². The van der Waals surface area contributed by atoms with Crippen molar-refractivity contribution in [1.82, 2.24) is 15.0 Å². The number of halogens is 1. The van der Waals surface area contributed by atoms with Crippen molar-refractivity contribution < 1.29 is 0 Å². The van der Waals surface area contributed by atoms with Crippen molar-refractivity contribution in [3.05, 3.63) is 47.2 Å². The standard InChI is InChI=1S/C15H13ClN4/c1-9-8-13(17-2)20-15(19-9)11-5-6-12(16)10-4-3-7-18-14(10)11/h3-8H,1-2H3,(H,17,19,20). The predicted octanol–water partition coefficient (Wildman–Crippen LogP) is 3.70. The second kappa shape index (κ2) is 5.06. The van der Waals surface area contributed by atoms with E-state index < -0.39 is 0 Å². The van der Waals surface area contributed by atoms with E-state index in [0.717, 1.165) is 28.0 Å². The lowest BCUT2D eigenvalue weighted by atomic mass is 10.1. The average Bonchev–Trinajstić information content (AvgIpc) is 2.47. The minimum Gasteiger partial charge on any atom is -0.373 e. The number of nitrogens with one attached hydrogen (secondary N) is 1. The van der Waals surface area contributed by atoms with Crippen LogP contribution >= 0.6 is 11.6 Å². The summed E-state index contributed by atoms with van der Waals surface area (Å²) >= 11 is 6.21. The SMILES string of the molecule is CNc1cc(C)nc(-c2ccc(Cl)c3cccnc23)n1. The van der Waals surface area contributed by atoms with Crippen molar-refractivity contribution in [2.45, 2.75) is 6.92 Å². The number of hydrogen-bond acceptors (Lipinski definition) is 4. The molecule has 0 aliphatic rings. The van der Waals surface area contributed by atoms with E-state index in [4.69, 9.17) is 11.6 Å². The largest absolute Gasteiger partial charge is 0.373 e. The van der Waals surface area contributed by atoms with Gasteiger partial charge in [-0.2, -0.15) is 0 Å². The molecule has 1 aromatic carbocycles. The fraction of sp³-hybridized carbons (Fsp3) is 0.133. The lowest BCUT2D eigenvalue weighted by Gasteiger charge is -2.08. The van der Waals surface area contributed by atoms with Gasteiger partial charge in [-0.15, -0.1) is 0 Å². The quantitative estimate of drug-likeness (QED) is 0.780. The van der Waals surface area contributed by atoms with Gasteiger partial charge in [-0.1, -0.05) is 11.6 Å². The molecule has 20 heavy (non-hydrogen) atoms. The lowest BCUT2D eigenvalue weighted by Crippen LogP contribution is -1.99. The van der Waals surface area contributed by atoms with Crippen LogP contribution in [0, 0.1) is 6.92 Å². The number of benzene rings is 1. The monoisotopic (exact) mass is 284 g/mol. The number of rotatable bonds is 2. The first kappa shape index (κ1) is 12.8. The molecule has 3 rings (SSSR count). The Morgan fingerprint density at radius 1 is 1.15 bits per heavy atom. The van der Waals surface area contributed by atoms with Crippen molar-refractivity contribution in [3.63, 3.8) is 0 Å². The summed E-state index contributed by atoms with van der Waals surface area (Å²) in [6.45, 7) is 1.94. The number of fused-ring (bicyclic) bond motifs is 1. The molecule has 0 unspecified atom stereocenters. The molecule has 5 heteroatoms. The fourth-order valence-corrected chi connectivity index (χ4v) is 2.35. The normalized spacial score (nSPS) is 10.8. The Bertz CT molecular complexity index is 786. The van der Waals surface area contributed by atoms with Crippen LogP contribution in [0.15, 0.2) is 36.5 Å². The molecule has 1 N–H and O–H groups in total. The van der Waals surface area contributed by atoms with Crippen molar-refractivity contribution in [3.8, 4) is 11.4 Å². The third-order valence-corrected chi connectivity index (χ3v) is 3.40. The highest BCUT2D eigenvalue weighted by atomic mass is 35.5. The van der Waals surface area contributed by atoms with Crippen LogP contribution in [0.5, 0.6) is 0 Å². The summed E-state index contributed by atoms with van der Waals surface area (Å²) in [6.07, 6.45) is 1.75. The number of anilines is 1. The van der Waals surface area contributed by atoms with Crippen LogP contribution in [0.4, 0.5) is 5.82 Å². The van der Waals surface area contributed by atoms with E-state index in [9.17, 15) is 0 Å². The number of aromatic nitrogens is 3. The Balaban J connectivity index is 2.30. The Labute approximate surface area is 121 Å². The molecule has 3 aromatic rings. The Hall–Kier alpha value is -2.20. The van der Waals surface area contributed by atoms with Crippen LogP contribution in [0.3, 0.4) is 0 Å². The number of nitrogens with zero attached hydrogens (tertiary/aromatic N) is 3. The van der Waals surface area contributed by atoms with Crippen molar-refractivity contribution >= 4 is 28.3 Å². The van der Waals surface area contributed by atoms with Gasteiger partial charge in [0.05, 0.1) is 10.5 Å². The van der Waals surface area contributed by atoms with Gasteiger partial charge >= 0.3 is 0 Å². The molecule has 0 atom stereocenters. The van der Waals surface area contributed by atoms with Gasteiger partial charge in [0, 0.05) is 36.0 Å². The molecule has 0 aliphatic heterocycles. The summed E-state index contributed by atoms with van der Waals surface area (Å²) in [5, 5.41) is 4.62. The highest BCUT2D eigenvalue weighted by Gasteiger charge is 2.11. The first-order valence-corrected chi connectivity index (χ1v) is 6.64. The molecule has 0 saturated heterocycles. The smallest absolute Gasteiger partial charge is 0.163 e. The number of hydrogen-bond donors (Lipinski definition) is 1. The predicted molar refractivity (Wildman–Crippen MR) is 82.1 cm³/mol.